The molecule has 25 heavy (non-hydrogen) atoms. The minimum Gasteiger partial charge on any atom is -0.384 e. The van der Waals surface area contributed by atoms with Crippen LogP contribution in [0.25, 0.3) is 0 Å². The number of aryl methyl sites for hydroxylation is 1. The van der Waals surface area contributed by atoms with Crippen molar-refractivity contribution in [1.82, 2.24) is 4.90 Å². The molecule has 2 aliphatic heterocycles. The number of hydrogen-bond donors (Lipinski definition) is 1. The first kappa shape index (κ1) is 16.6. The van der Waals surface area contributed by atoms with Crippen LogP contribution >= 0.6 is 0 Å². The van der Waals surface area contributed by atoms with Crippen LogP contribution in [0.1, 0.15) is 36.0 Å². The predicted molar refractivity (Wildman–Crippen MR) is 103 cm³/mol. The lowest BCUT2D eigenvalue weighted by Gasteiger charge is -2.25. The molecule has 3 heteroatoms. The largest absolute Gasteiger partial charge is 0.384 e. The highest BCUT2D eigenvalue weighted by Crippen LogP contribution is 2.33. The number of β-amino-alcohol motifs (C(OH)–C–C–N with tert-alkyl or cyclic N) is 1. The van der Waals surface area contributed by atoms with E-state index in [0.29, 0.717) is 6.54 Å². The van der Waals surface area contributed by atoms with Crippen LogP contribution in [0.15, 0.2) is 48.5 Å². The van der Waals surface area contributed by atoms with E-state index >= 15 is 0 Å². The molecule has 132 valence electrons. The number of nitrogens with zero attached hydrogens (tertiary/aromatic N) is 2. The summed E-state index contributed by atoms with van der Waals surface area (Å²) in [4.78, 5) is 4.88. The maximum Gasteiger partial charge on any atom is 0.103 e. The van der Waals surface area contributed by atoms with E-state index in [1.54, 1.807) is 0 Å². The zero-order valence-electron chi connectivity index (χ0n) is 15.1. The van der Waals surface area contributed by atoms with Gasteiger partial charge in [-0.25, -0.2) is 0 Å². The molecular weight excluding hydrogens is 308 g/mol. The van der Waals surface area contributed by atoms with E-state index in [2.05, 4.69) is 34.9 Å². The van der Waals surface area contributed by atoms with Crippen molar-refractivity contribution >= 4 is 5.69 Å². The molecule has 2 aromatic rings. The van der Waals surface area contributed by atoms with Crippen molar-refractivity contribution in [3.8, 4) is 0 Å². The Kier molecular flexibility index (Phi) is 4.53. The van der Waals surface area contributed by atoms with E-state index in [9.17, 15) is 5.11 Å². The van der Waals surface area contributed by atoms with Crippen molar-refractivity contribution in [2.75, 3.05) is 31.1 Å². The maximum absolute atomic E-state index is 11.0. The molecule has 0 aliphatic carbocycles. The van der Waals surface area contributed by atoms with Crippen LogP contribution < -0.4 is 4.90 Å². The van der Waals surface area contributed by atoms with Gasteiger partial charge in [-0.2, -0.15) is 0 Å². The zero-order chi connectivity index (χ0) is 17.3. The highest BCUT2D eigenvalue weighted by molar-refractivity contribution is 5.55. The van der Waals surface area contributed by atoms with Crippen molar-refractivity contribution in [1.29, 1.82) is 0 Å². The second kappa shape index (κ2) is 6.81. The molecule has 0 amide bonds. The van der Waals surface area contributed by atoms with Gasteiger partial charge in [-0.3, -0.25) is 4.90 Å². The van der Waals surface area contributed by atoms with Gasteiger partial charge in [0.25, 0.3) is 0 Å². The lowest BCUT2D eigenvalue weighted by molar-refractivity contribution is 0.0453. The second-order valence-corrected chi connectivity index (χ2v) is 7.67. The summed E-state index contributed by atoms with van der Waals surface area (Å²) < 4.78 is 0. The van der Waals surface area contributed by atoms with Crippen LogP contribution in [0.3, 0.4) is 0 Å². The highest BCUT2D eigenvalue weighted by atomic mass is 16.3. The Labute approximate surface area is 150 Å². The zero-order valence-corrected chi connectivity index (χ0v) is 15.1. The molecule has 3 nitrogen and oxygen atoms in total. The first-order valence-electron chi connectivity index (χ1n) is 9.49. The number of aliphatic hydroxyl groups is 1. The molecule has 2 saturated heterocycles. The minimum atomic E-state index is -0.703. The van der Waals surface area contributed by atoms with Gasteiger partial charge in [0, 0.05) is 38.4 Å². The minimum absolute atomic E-state index is 0.703. The van der Waals surface area contributed by atoms with Gasteiger partial charge in [-0.1, -0.05) is 42.5 Å². The Balaban J connectivity index is 1.44. The van der Waals surface area contributed by atoms with Crippen molar-refractivity contribution in [2.45, 2.75) is 38.3 Å². The van der Waals surface area contributed by atoms with Gasteiger partial charge in [-0.15, -0.1) is 0 Å². The van der Waals surface area contributed by atoms with Crippen LogP contribution in [0.5, 0.6) is 0 Å². The summed E-state index contributed by atoms with van der Waals surface area (Å²) in [5.41, 5.74) is 4.45. The fourth-order valence-corrected chi connectivity index (χ4v) is 4.38. The smallest absolute Gasteiger partial charge is 0.103 e. The Hall–Kier alpha value is -1.84. The highest BCUT2D eigenvalue weighted by Gasteiger charge is 2.37. The van der Waals surface area contributed by atoms with Gasteiger partial charge in [-0.05, 0) is 48.9 Å². The topological polar surface area (TPSA) is 26.7 Å². The summed E-state index contributed by atoms with van der Waals surface area (Å²) in [5.74, 6) is 0. The molecule has 0 radical (unpaired) electrons. The molecule has 0 aromatic heterocycles. The second-order valence-electron chi connectivity index (χ2n) is 7.67. The number of rotatable bonds is 4. The lowest BCUT2D eigenvalue weighted by atomic mass is 9.93. The van der Waals surface area contributed by atoms with Gasteiger partial charge >= 0.3 is 0 Å². The van der Waals surface area contributed by atoms with Crippen LogP contribution in [0.4, 0.5) is 5.69 Å². The van der Waals surface area contributed by atoms with Crippen molar-refractivity contribution in [3.63, 3.8) is 0 Å². The molecule has 4 rings (SSSR count). The van der Waals surface area contributed by atoms with E-state index in [0.717, 1.165) is 25.1 Å². The molecule has 2 fully saturated rings. The quantitative estimate of drug-likeness (QED) is 0.922. The summed E-state index contributed by atoms with van der Waals surface area (Å²) in [6.07, 6.45) is 3.43. The number of likely N-dealkylation sites (tertiary alicyclic amines) is 1. The fourth-order valence-electron chi connectivity index (χ4n) is 4.38. The van der Waals surface area contributed by atoms with Crippen LogP contribution in [-0.2, 0) is 12.1 Å². The fraction of sp³-hybridized carbons (Fsp3) is 0.455. The van der Waals surface area contributed by atoms with E-state index in [-0.39, 0.29) is 0 Å². The number of hydrogen-bond acceptors (Lipinski definition) is 3. The summed E-state index contributed by atoms with van der Waals surface area (Å²) in [5, 5.41) is 11.0. The van der Waals surface area contributed by atoms with E-state index in [1.165, 1.54) is 42.7 Å². The SMILES string of the molecule is Cc1cc(CN2CC[C@@](O)(c3ccccc3)C2)ccc1N1CCCC1. The third-order valence-electron chi connectivity index (χ3n) is 5.75. The third kappa shape index (κ3) is 3.44. The molecule has 1 N–H and O–H groups in total. The average Bonchev–Trinajstić information content (AvgIpc) is 3.27. The number of anilines is 1. The van der Waals surface area contributed by atoms with Gasteiger partial charge < -0.3 is 10.0 Å². The van der Waals surface area contributed by atoms with Gasteiger partial charge in [0.2, 0.25) is 0 Å². The lowest BCUT2D eigenvalue weighted by Crippen LogP contribution is -2.30. The molecular formula is C22H28N2O. The Morgan fingerprint density at radius 3 is 2.48 bits per heavy atom. The van der Waals surface area contributed by atoms with Crippen molar-refractivity contribution < 1.29 is 5.11 Å². The molecule has 0 bridgehead atoms. The summed E-state index contributed by atoms with van der Waals surface area (Å²) >= 11 is 0. The maximum atomic E-state index is 11.0. The number of benzene rings is 2. The molecule has 0 unspecified atom stereocenters. The van der Waals surface area contributed by atoms with Gasteiger partial charge in [0.15, 0.2) is 0 Å². The van der Waals surface area contributed by atoms with Gasteiger partial charge in [0.05, 0.1) is 0 Å². The Morgan fingerprint density at radius 1 is 1.00 bits per heavy atom. The van der Waals surface area contributed by atoms with Crippen LogP contribution in [0, 0.1) is 6.92 Å². The third-order valence-corrected chi connectivity index (χ3v) is 5.75. The first-order chi connectivity index (χ1) is 12.1. The summed E-state index contributed by atoms with van der Waals surface area (Å²) in [6, 6.07) is 17.0. The van der Waals surface area contributed by atoms with E-state index in [4.69, 9.17) is 0 Å². The molecule has 2 heterocycles. The average molecular weight is 336 g/mol. The Morgan fingerprint density at radius 2 is 1.76 bits per heavy atom. The summed E-state index contributed by atoms with van der Waals surface area (Å²) in [7, 11) is 0. The first-order valence-corrected chi connectivity index (χ1v) is 9.49. The predicted octanol–water partition coefficient (Wildman–Crippen LogP) is 3.69. The normalized spacial score (nSPS) is 24.2. The van der Waals surface area contributed by atoms with Crippen LogP contribution in [0.2, 0.25) is 0 Å². The summed E-state index contributed by atoms with van der Waals surface area (Å²) in [6.45, 7) is 7.17. The standard InChI is InChI=1S/C22H28N2O/c1-18-15-19(9-10-21(18)24-12-5-6-13-24)16-23-14-11-22(25,17-23)20-7-3-2-4-8-20/h2-4,7-10,15,25H,5-6,11-14,16-17H2,1H3/t22-/m0/s1. The Bertz CT molecular complexity index is 724. The van der Waals surface area contributed by atoms with Crippen LogP contribution in [-0.4, -0.2) is 36.2 Å². The molecule has 2 aromatic carbocycles. The van der Waals surface area contributed by atoms with Crippen molar-refractivity contribution in [2.24, 2.45) is 0 Å². The molecule has 0 saturated carbocycles. The van der Waals surface area contributed by atoms with Gasteiger partial charge in [0.1, 0.15) is 5.60 Å². The molecule has 1 atom stereocenters. The van der Waals surface area contributed by atoms with E-state index < -0.39 is 5.60 Å². The van der Waals surface area contributed by atoms with E-state index in [1.807, 2.05) is 30.3 Å². The monoisotopic (exact) mass is 336 g/mol. The van der Waals surface area contributed by atoms with Crippen molar-refractivity contribution in [3.05, 3.63) is 65.2 Å². The molecule has 2 aliphatic rings. The molecule has 0 spiro atoms.